The number of hydrogen-bond acceptors (Lipinski definition) is 6. The first kappa shape index (κ1) is 10.6. The maximum Gasteiger partial charge on any atom is 0.329 e. The van der Waals surface area contributed by atoms with Crippen LogP contribution >= 0.6 is 0 Å². The summed E-state index contributed by atoms with van der Waals surface area (Å²) in [6.45, 7) is 3.89. The van der Waals surface area contributed by atoms with Gasteiger partial charge in [0, 0.05) is 13.1 Å². The van der Waals surface area contributed by atoms with E-state index in [4.69, 9.17) is 5.73 Å². The van der Waals surface area contributed by atoms with Crippen molar-refractivity contribution in [2.75, 3.05) is 23.7 Å². The zero-order chi connectivity index (χ0) is 11.7. The number of nitrogen functional groups attached to an aromatic ring is 1. The van der Waals surface area contributed by atoms with Gasteiger partial charge in [-0.15, -0.1) is 0 Å². The van der Waals surface area contributed by atoms with Crippen molar-refractivity contribution in [3.8, 4) is 0 Å². The van der Waals surface area contributed by atoms with Gasteiger partial charge in [0.25, 0.3) is 0 Å². The van der Waals surface area contributed by atoms with Gasteiger partial charge in [0.15, 0.2) is 0 Å². The fourth-order valence-corrected chi connectivity index (χ4v) is 1.79. The molecule has 0 amide bonds. The molecular weight excluding hydrogens is 210 g/mol. The number of aromatic nitrogens is 2. The van der Waals surface area contributed by atoms with Crippen molar-refractivity contribution in [2.24, 2.45) is 5.92 Å². The number of hydrogen-bond donors (Lipinski definition) is 1. The van der Waals surface area contributed by atoms with Crippen LogP contribution in [-0.2, 0) is 0 Å². The molecule has 0 unspecified atom stereocenters. The lowest BCUT2D eigenvalue weighted by Gasteiger charge is -2.15. The second kappa shape index (κ2) is 3.92. The van der Waals surface area contributed by atoms with Crippen molar-refractivity contribution in [3.63, 3.8) is 0 Å². The van der Waals surface area contributed by atoms with Crippen LogP contribution in [0.25, 0.3) is 0 Å². The number of nitrogens with zero attached hydrogens (tertiary/aromatic N) is 4. The fourth-order valence-electron chi connectivity index (χ4n) is 1.79. The van der Waals surface area contributed by atoms with Crippen LogP contribution in [0.15, 0.2) is 6.20 Å². The summed E-state index contributed by atoms with van der Waals surface area (Å²) in [5, 5.41) is 10.5. The molecule has 1 fully saturated rings. The molecule has 7 heteroatoms. The summed E-state index contributed by atoms with van der Waals surface area (Å²) < 4.78 is 0. The fraction of sp³-hybridized carbons (Fsp3) is 0.556. The van der Waals surface area contributed by atoms with Crippen LogP contribution < -0.4 is 10.6 Å². The highest BCUT2D eigenvalue weighted by Crippen LogP contribution is 2.24. The third-order valence-corrected chi connectivity index (χ3v) is 2.69. The second-order valence-corrected chi connectivity index (χ2v) is 4.04. The molecule has 16 heavy (non-hydrogen) atoms. The Bertz CT molecular complexity index is 422. The van der Waals surface area contributed by atoms with Gasteiger partial charge >= 0.3 is 5.69 Å². The third kappa shape index (κ3) is 1.88. The van der Waals surface area contributed by atoms with E-state index in [1.807, 2.05) is 4.90 Å². The minimum atomic E-state index is -0.578. The lowest BCUT2D eigenvalue weighted by Crippen LogP contribution is -2.22. The average Bonchev–Trinajstić information content (AvgIpc) is 2.64. The van der Waals surface area contributed by atoms with Gasteiger partial charge < -0.3 is 10.6 Å². The lowest BCUT2D eigenvalue weighted by molar-refractivity contribution is -0.384. The molecule has 1 aromatic rings. The van der Waals surface area contributed by atoms with Crippen molar-refractivity contribution < 1.29 is 4.92 Å². The smallest absolute Gasteiger partial charge is 0.329 e. The Morgan fingerprint density at radius 3 is 2.94 bits per heavy atom. The molecule has 0 bridgehead atoms. The van der Waals surface area contributed by atoms with E-state index >= 15 is 0 Å². The van der Waals surface area contributed by atoms with Gasteiger partial charge in [-0.1, -0.05) is 6.92 Å². The quantitative estimate of drug-likeness (QED) is 0.588. The Kier molecular flexibility index (Phi) is 2.59. The number of rotatable bonds is 2. The SMILES string of the molecule is C[C@H]1CCN(c2ncc([N+](=O)[O-])c(N)n2)C1. The van der Waals surface area contributed by atoms with Crippen LogP contribution in [0.2, 0.25) is 0 Å². The molecule has 1 aromatic heterocycles. The first-order valence-corrected chi connectivity index (χ1v) is 5.10. The van der Waals surface area contributed by atoms with Gasteiger partial charge in [0.1, 0.15) is 6.20 Å². The molecule has 1 aliphatic rings. The third-order valence-electron chi connectivity index (χ3n) is 2.69. The minimum Gasteiger partial charge on any atom is -0.378 e. The maximum atomic E-state index is 10.5. The van der Waals surface area contributed by atoms with Crippen molar-refractivity contribution >= 4 is 17.5 Å². The summed E-state index contributed by atoms with van der Waals surface area (Å²) in [5.41, 5.74) is 5.27. The molecule has 2 N–H and O–H groups in total. The molecule has 0 spiro atoms. The van der Waals surface area contributed by atoms with Gasteiger partial charge in [-0.2, -0.15) is 4.98 Å². The maximum absolute atomic E-state index is 10.5. The predicted molar refractivity (Wildman–Crippen MR) is 59.1 cm³/mol. The Hall–Kier alpha value is -1.92. The van der Waals surface area contributed by atoms with Crippen LogP contribution in [0, 0.1) is 16.0 Å². The topological polar surface area (TPSA) is 98.2 Å². The summed E-state index contributed by atoms with van der Waals surface area (Å²) >= 11 is 0. The largest absolute Gasteiger partial charge is 0.378 e. The van der Waals surface area contributed by atoms with Crippen LogP contribution in [0.5, 0.6) is 0 Å². The van der Waals surface area contributed by atoms with Gasteiger partial charge in [-0.3, -0.25) is 10.1 Å². The first-order valence-electron chi connectivity index (χ1n) is 5.10. The zero-order valence-corrected chi connectivity index (χ0v) is 8.96. The van der Waals surface area contributed by atoms with E-state index in [1.54, 1.807) is 0 Å². The predicted octanol–water partition coefficient (Wildman–Crippen LogP) is 0.813. The molecule has 2 heterocycles. The second-order valence-electron chi connectivity index (χ2n) is 4.04. The summed E-state index contributed by atoms with van der Waals surface area (Å²) in [6, 6.07) is 0. The number of nitrogens with two attached hydrogens (primary N) is 1. The molecule has 0 radical (unpaired) electrons. The van der Waals surface area contributed by atoms with E-state index in [-0.39, 0.29) is 11.5 Å². The van der Waals surface area contributed by atoms with E-state index in [0.717, 1.165) is 19.5 Å². The van der Waals surface area contributed by atoms with Crippen LogP contribution in [0.4, 0.5) is 17.5 Å². The Morgan fingerprint density at radius 1 is 1.69 bits per heavy atom. The lowest BCUT2D eigenvalue weighted by atomic mass is 10.2. The highest BCUT2D eigenvalue weighted by atomic mass is 16.6. The molecule has 2 rings (SSSR count). The first-order chi connectivity index (χ1) is 7.58. The molecule has 0 aromatic carbocycles. The van der Waals surface area contributed by atoms with E-state index < -0.39 is 4.92 Å². The van der Waals surface area contributed by atoms with Gasteiger partial charge in [0.2, 0.25) is 11.8 Å². The van der Waals surface area contributed by atoms with Crippen molar-refractivity contribution in [2.45, 2.75) is 13.3 Å². The van der Waals surface area contributed by atoms with E-state index in [2.05, 4.69) is 16.9 Å². The molecule has 0 saturated carbocycles. The molecule has 0 aliphatic carbocycles. The van der Waals surface area contributed by atoms with Crippen LogP contribution in [0.1, 0.15) is 13.3 Å². The molecule has 86 valence electrons. The standard InChI is InChI=1S/C9H13N5O2/c1-6-2-3-13(5-6)9-11-4-7(14(15)16)8(10)12-9/h4,6H,2-3,5H2,1H3,(H2,10,11,12)/t6-/m0/s1. The average molecular weight is 223 g/mol. The van der Waals surface area contributed by atoms with E-state index in [9.17, 15) is 10.1 Å². The minimum absolute atomic E-state index is 0.0745. The van der Waals surface area contributed by atoms with Gasteiger partial charge in [-0.05, 0) is 12.3 Å². The normalized spacial score (nSPS) is 20.1. The number of anilines is 2. The molecule has 1 saturated heterocycles. The Morgan fingerprint density at radius 2 is 2.44 bits per heavy atom. The van der Waals surface area contributed by atoms with Crippen LogP contribution in [0.3, 0.4) is 0 Å². The molecule has 1 aliphatic heterocycles. The summed E-state index contributed by atoms with van der Waals surface area (Å²) in [6.07, 6.45) is 2.25. The van der Waals surface area contributed by atoms with Gasteiger partial charge in [-0.25, -0.2) is 4.98 Å². The Labute approximate surface area is 92.4 Å². The summed E-state index contributed by atoms with van der Waals surface area (Å²) in [4.78, 5) is 19.9. The van der Waals surface area contributed by atoms with Crippen molar-refractivity contribution in [1.82, 2.24) is 9.97 Å². The molecule has 1 atom stereocenters. The van der Waals surface area contributed by atoms with E-state index in [0.29, 0.717) is 11.9 Å². The molecule has 7 nitrogen and oxygen atoms in total. The van der Waals surface area contributed by atoms with Gasteiger partial charge in [0.05, 0.1) is 4.92 Å². The van der Waals surface area contributed by atoms with E-state index in [1.165, 1.54) is 6.20 Å². The van der Waals surface area contributed by atoms with Crippen LogP contribution in [-0.4, -0.2) is 28.0 Å². The number of nitro groups is 1. The monoisotopic (exact) mass is 223 g/mol. The summed E-state index contributed by atoms with van der Waals surface area (Å²) in [7, 11) is 0. The molecular formula is C9H13N5O2. The van der Waals surface area contributed by atoms with Crippen molar-refractivity contribution in [3.05, 3.63) is 16.3 Å². The highest BCUT2D eigenvalue weighted by molar-refractivity contribution is 5.53. The zero-order valence-electron chi connectivity index (χ0n) is 8.96. The highest BCUT2D eigenvalue weighted by Gasteiger charge is 2.23. The Balaban J connectivity index is 2.24. The summed E-state index contributed by atoms with van der Waals surface area (Å²) in [5.74, 6) is 1.00. The van der Waals surface area contributed by atoms with Crippen molar-refractivity contribution in [1.29, 1.82) is 0 Å².